The molecule has 0 rings (SSSR count). The normalized spacial score (nSPS) is 11.9. The summed E-state index contributed by atoms with van der Waals surface area (Å²) >= 11 is 0. The summed E-state index contributed by atoms with van der Waals surface area (Å²) in [5.41, 5.74) is 0. The Morgan fingerprint density at radius 1 is 0.250 bits per heavy atom. The van der Waals surface area contributed by atoms with Crippen molar-refractivity contribution < 1.29 is 28.6 Å². The minimum atomic E-state index is -0.760. The van der Waals surface area contributed by atoms with Gasteiger partial charge in [0.25, 0.3) is 0 Å². The zero-order valence-corrected chi connectivity index (χ0v) is 43.6. The van der Waals surface area contributed by atoms with E-state index in [0.29, 0.717) is 19.3 Å². The lowest BCUT2D eigenvalue weighted by atomic mass is 10.0. The zero-order valence-electron chi connectivity index (χ0n) is 43.6. The Labute approximate surface area is 399 Å². The van der Waals surface area contributed by atoms with Crippen LogP contribution in [0.15, 0.2) is 0 Å². The fourth-order valence-electron chi connectivity index (χ4n) is 8.98. The highest BCUT2D eigenvalue weighted by Crippen LogP contribution is 2.18. The Bertz CT molecular complexity index is 951. The van der Waals surface area contributed by atoms with Crippen molar-refractivity contribution in [1.82, 2.24) is 0 Å². The van der Waals surface area contributed by atoms with Crippen LogP contribution in [0.3, 0.4) is 0 Å². The van der Waals surface area contributed by atoms with Gasteiger partial charge in [-0.2, -0.15) is 0 Å². The van der Waals surface area contributed by atoms with Gasteiger partial charge in [0.2, 0.25) is 0 Å². The van der Waals surface area contributed by atoms with Gasteiger partial charge in [-0.3, -0.25) is 14.4 Å². The molecule has 0 spiro atoms. The van der Waals surface area contributed by atoms with Crippen LogP contribution in [-0.4, -0.2) is 37.2 Å². The SMILES string of the molecule is CCCCCCCCCCCCCCCCCCCCC(=O)OC[C@H](COC(=O)CCCCCCCCCCCCCCCCC)OC(=O)CCCCCCCCCCCCCCC. The minimum absolute atomic E-state index is 0.0610. The van der Waals surface area contributed by atoms with Crippen molar-refractivity contribution in [3.05, 3.63) is 0 Å². The van der Waals surface area contributed by atoms with Crippen LogP contribution in [0.5, 0.6) is 0 Å². The van der Waals surface area contributed by atoms with Gasteiger partial charge in [-0.05, 0) is 19.3 Å². The van der Waals surface area contributed by atoms with Crippen molar-refractivity contribution in [1.29, 1.82) is 0 Å². The summed E-state index contributed by atoms with van der Waals surface area (Å²) in [6.07, 6.45) is 59.5. The average molecular weight is 906 g/mol. The lowest BCUT2D eigenvalue weighted by Gasteiger charge is -2.18. The molecule has 0 fully saturated rings. The Morgan fingerprint density at radius 3 is 0.625 bits per heavy atom. The number of ether oxygens (including phenoxy) is 3. The van der Waals surface area contributed by atoms with Crippen LogP contribution in [0.4, 0.5) is 0 Å². The van der Waals surface area contributed by atoms with Gasteiger partial charge in [0.1, 0.15) is 13.2 Å². The Balaban J connectivity index is 4.26. The third kappa shape index (κ3) is 51.4. The van der Waals surface area contributed by atoms with Crippen molar-refractivity contribution >= 4 is 17.9 Å². The molecular formula is C58H112O6. The van der Waals surface area contributed by atoms with Crippen LogP contribution < -0.4 is 0 Å². The number of carbonyl (C=O) groups is 3. The summed E-state index contributed by atoms with van der Waals surface area (Å²) in [6, 6.07) is 0. The van der Waals surface area contributed by atoms with Gasteiger partial charge in [0.05, 0.1) is 0 Å². The van der Waals surface area contributed by atoms with Gasteiger partial charge in [-0.15, -0.1) is 0 Å². The van der Waals surface area contributed by atoms with E-state index < -0.39 is 6.10 Å². The predicted molar refractivity (Wildman–Crippen MR) is 275 cm³/mol. The van der Waals surface area contributed by atoms with Crippen LogP contribution in [0.2, 0.25) is 0 Å². The van der Waals surface area contributed by atoms with Crippen LogP contribution in [-0.2, 0) is 28.6 Å². The van der Waals surface area contributed by atoms with Crippen molar-refractivity contribution in [2.24, 2.45) is 0 Å². The molecule has 0 amide bonds. The second-order valence-electron chi connectivity index (χ2n) is 19.9. The predicted octanol–water partition coefficient (Wildman–Crippen LogP) is 19.2. The van der Waals surface area contributed by atoms with Gasteiger partial charge in [-0.25, -0.2) is 0 Å². The maximum absolute atomic E-state index is 12.8. The molecule has 0 aromatic carbocycles. The average Bonchev–Trinajstić information content (AvgIpc) is 3.29. The van der Waals surface area contributed by atoms with Gasteiger partial charge in [-0.1, -0.05) is 297 Å². The maximum Gasteiger partial charge on any atom is 0.306 e. The molecule has 0 unspecified atom stereocenters. The highest BCUT2D eigenvalue weighted by atomic mass is 16.6. The van der Waals surface area contributed by atoms with E-state index in [2.05, 4.69) is 20.8 Å². The maximum atomic E-state index is 12.8. The summed E-state index contributed by atoms with van der Waals surface area (Å²) < 4.78 is 16.9. The number of unbranched alkanes of at least 4 members (excludes halogenated alkanes) is 43. The molecule has 64 heavy (non-hydrogen) atoms. The first-order chi connectivity index (χ1) is 31.5. The summed E-state index contributed by atoms with van der Waals surface area (Å²) in [5, 5.41) is 0. The number of esters is 3. The van der Waals surface area contributed by atoms with Gasteiger partial charge in [0.15, 0.2) is 6.10 Å². The summed E-state index contributed by atoms with van der Waals surface area (Å²) in [7, 11) is 0. The monoisotopic (exact) mass is 905 g/mol. The van der Waals surface area contributed by atoms with Gasteiger partial charge >= 0.3 is 17.9 Å². The summed E-state index contributed by atoms with van der Waals surface area (Å²) in [6.45, 7) is 6.71. The molecule has 0 aliphatic heterocycles. The molecule has 0 bridgehead atoms. The first-order valence-corrected chi connectivity index (χ1v) is 29.0. The molecule has 0 aliphatic carbocycles. The standard InChI is InChI=1S/C58H112O6/c1-4-7-10-13-16-19-22-25-27-28-29-31-34-36-39-42-45-48-51-57(60)63-54-55(64-58(61)52-49-46-43-40-37-32-24-21-18-15-12-9-6-3)53-62-56(59)50-47-44-41-38-35-33-30-26-23-20-17-14-11-8-5-2/h55H,4-54H2,1-3H3/t55-/m0/s1. The smallest absolute Gasteiger partial charge is 0.306 e. The van der Waals surface area contributed by atoms with Crippen molar-refractivity contribution in [3.63, 3.8) is 0 Å². The number of hydrogen-bond donors (Lipinski definition) is 0. The van der Waals surface area contributed by atoms with E-state index in [1.165, 1.54) is 238 Å². The Kier molecular flexibility index (Phi) is 52.7. The molecule has 0 aliphatic rings. The molecule has 0 N–H and O–H groups in total. The van der Waals surface area contributed by atoms with E-state index in [0.717, 1.165) is 57.8 Å². The summed E-state index contributed by atoms with van der Waals surface area (Å²) in [4.78, 5) is 38.1. The minimum Gasteiger partial charge on any atom is -0.462 e. The Morgan fingerprint density at radius 2 is 0.422 bits per heavy atom. The zero-order chi connectivity index (χ0) is 46.5. The van der Waals surface area contributed by atoms with Crippen LogP contribution in [0.1, 0.15) is 335 Å². The lowest BCUT2D eigenvalue weighted by Crippen LogP contribution is -2.30. The molecule has 0 heterocycles. The molecule has 6 heteroatoms. The summed E-state index contributed by atoms with van der Waals surface area (Å²) in [5.74, 6) is -0.832. The largest absolute Gasteiger partial charge is 0.462 e. The van der Waals surface area contributed by atoms with E-state index >= 15 is 0 Å². The van der Waals surface area contributed by atoms with Crippen LogP contribution >= 0.6 is 0 Å². The lowest BCUT2D eigenvalue weighted by molar-refractivity contribution is -0.167. The number of hydrogen-bond acceptors (Lipinski definition) is 6. The fraction of sp³-hybridized carbons (Fsp3) is 0.948. The number of carbonyl (C=O) groups excluding carboxylic acids is 3. The highest BCUT2D eigenvalue weighted by molar-refractivity contribution is 5.71. The molecule has 6 nitrogen and oxygen atoms in total. The highest BCUT2D eigenvalue weighted by Gasteiger charge is 2.19. The van der Waals surface area contributed by atoms with E-state index in [-0.39, 0.29) is 31.1 Å². The van der Waals surface area contributed by atoms with E-state index in [1.54, 1.807) is 0 Å². The third-order valence-electron chi connectivity index (χ3n) is 13.4. The van der Waals surface area contributed by atoms with Crippen LogP contribution in [0.25, 0.3) is 0 Å². The molecule has 380 valence electrons. The second kappa shape index (κ2) is 54.0. The molecule has 0 aromatic rings. The molecule has 1 atom stereocenters. The topological polar surface area (TPSA) is 78.9 Å². The molecule has 0 radical (unpaired) electrons. The van der Waals surface area contributed by atoms with Crippen molar-refractivity contribution in [2.75, 3.05) is 13.2 Å². The quantitative estimate of drug-likeness (QED) is 0.0344. The second-order valence-corrected chi connectivity index (χ2v) is 19.9. The molecule has 0 saturated heterocycles. The van der Waals surface area contributed by atoms with Gasteiger partial charge in [0, 0.05) is 19.3 Å². The Hall–Kier alpha value is -1.59. The fourth-order valence-corrected chi connectivity index (χ4v) is 8.98. The van der Waals surface area contributed by atoms with Crippen LogP contribution in [0, 0.1) is 0 Å². The first-order valence-electron chi connectivity index (χ1n) is 29.0. The van der Waals surface area contributed by atoms with Crippen molar-refractivity contribution in [2.45, 2.75) is 341 Å². The van der Waals surface area contributed by atoms with E-state index in [4.69, 9.17) is 14.2 Å². The molecule has 0 aromatic heterocycles. The van der Waals surface area contributed by atoms with E-state index in [1.807, 2.05) is 0 Å². The first kappa shape index (κ1) is 62.4. The van der Waals surface area contributed by atoms with Gasteiger partial charge < -0.3 is 14.2 Å². The number of rotatable bonds is 54. The molecular weight excluding hydrogens is 793 g/mol. The van der Waals surface area contributed by atoms with E-state index in [9.17, 15) is 14.4 Å². The van der Waals surface area contributed by atoms with Crippen molar-refractivity contribution in [3.8, 4) is 0 Å². The third-order valence-corrected chi connectivity index (χ3v) is 13.4. The molecule has 0 saturated carbocycles.